The maximum atomic E-state index is 5.35. The molecule has 0 aliphatic heterocycles. The number of hydrogen-bond acceptors (Lipinski definition) is 2. The van der Waals surface area contributed by atoms with Crippen LogP contribution in [0.5, 0.6) is 0 Å². The van der Waals surface area contributed by atoms with Gasteiger partial charge in [0.15, 0.2) is 0 Å². The Kier molecular flexibility index (Phi) is 1.08. The zero-order chi connectivity index (χ0) is 4.41. The Bertz CT molecular complexity index is 114. The summed E-state index contributed by atoms with van der Waals surface area (Å²) in [7, 11) is 0. The van der Waals surface area contributed by atoms with Crippen molar-refractivity contribution in [3.05, 3.63) is 16.6 Å². The Morgan fingerprint density at radius 1 is 2.00 bits per heavy atom. The normalized spacial score (nSPS) is 8.83. The lowest BCUT2D eigenvalue weighted by Crippen LogP contribution is -1.42. The van der Waals surface area contributed by atoms with E-state index in [2.05, 4.69) is 10.6 Å². The summed E-state index contributed by atoms with van der Waals surface area (Å²) in [5, 5.41) is 2.32. The molecule has 1 rings (SSSR count). The molecule has 0 spiro atoms. The van der Waals surface area contributed by atoms with Crippen LogP contribution >= 0.6 is 23.1 Å². The van der Waals surface area contributed by atoms with Gasteiger partial charge in [0.2, 0.25) is 0 Å². The molecule has 31 valence electrons. The van der Waals surface area contributed by atoms with Crippen LogP contribution in [0.3, 0.4) is 0 Å². The molecule has 1 radical (unpaired) electrons. The van der Waals surface area contributed by atoms with Crippen molar-refractivity contribution in [1.82, 2.24) is 4.37 Å². The summed E-state index contributed by atoms with van der Waals surface area (Å²) in [4.78, 5) is 0. The molecule has 0 atom stereocenters. The predicted octanol–water partition coefficient (Wildman–Crippen LogP) is 1.60. The molecule has 0 amide bonds. The maximum absolute atomic E-state index is 5.35. The van der Waals surface area contributed by atoms with E-state index in [1.807, 2.05) is 0 Å². The second kappa shape index (κ2) is 1.58. The number of nitrogens with zero attached hydrogens (tertiary/aromatic N) is 1. The minimum atomic E-state index is 0.597. The van der Waals surface area contributed by atoms with Crippen LogP contribution in [-0.2, 0) is 0 Å². The van der Waals surface area contributed by atoms with Crippen LogP contribution in [0.2, 0.25) is 5.02 Å². The van der Waals surface area contributed by atoms with Gasteiger partial charge >= 0.3 is 0 Å². The Morgan fingerprint density at radius 2 is 2.83 bits per heavy atom. The highest BCUT2D eigenvalue weighted by molar-refractivity contribution is 7.04. The summed E-state index contributed by atoms with van der Waals surface area (Å²) in [5.74, 6) is 0. The minimum absolute atomic E-state index is 0.597. The van der Waals surface area contributed by atoms with Gasteiger partial charge in [0.1, 0.15) is 6.20 Å². The van der Waals surface area contributed by atoms with Gasteiger partial charge in [-0.1, -0.05) is 11.6 Å². The predicted molar refractivity (Wildman–Crippen MR) is 26.0 cm³/mol. The van der Waals surface area contributed by atoms with Crippen molar-refractivity contribution in [2.24, 2.45) is 0 Å². The van der Waals surface area contributed by atoms with Crippen molar-refractivity contribution in [2.45, 2.75) is 0 Å². The van der Waals surface area contributed by atoms with E-state index in [0.717, 1.165) is 0 Å². The lowest BCUT2D eigenvalue weighted by atomic mass is 10.8. The van der Waals surface area contributed by atoms with Crippen LogP contribution in [-0.4, -0.2) is 4.37 Å². The van der Waals surface area contributed by atoms with E-state index < -0.39 is 0 Å². The summed E-state index contributed by atoms with van der Waals surface area (Å²) in [6, 6.07) is 0. The van der Waals surface area contributed by atoms with Crippen LogP contribution < -0.4 is 0 Å². The standard InChI is InChI=1S/C3HClNS/c4-3-1-5-6-2-3/h2H. The zero-order valence-electron chi connectivity index (χ0n) is 2.81. The molecule has 0 saturated heterocycles. The third-order valence-electron chi connectivity index (χ3n) is 0.361. The summed E-state index contributed by atoms with van der Waals surface area (Å²) in [6.07, 6.45) is 2.53. The fraction of sp³-hybridized carbons (Fsp3) is 0. The van der Waals surface area contributed by atoms with Crippen LogP contribution in [0.1, 0.15) is 0 Å². The molecular formula is C3HClNS. The fourth-order valence-corrected chi connectivity index (χ4v) is 0.730. The van der Waals surface area contributed by atoms with Crippen LogP contribution in [0.15, 0.2) is 5.38 Å². The lowest BCUT2D eigenvalue weighted by Gasteiger charge is -1.57. The van der Waals surface area contributed by atoms with E-state index in [9.17, 15) is 0 Å². The van der Waals surface area contributed by atoms with Gasteiger partial charge in [0.05, 0.1) is 5.02 Å². The van der Waals surface area contributed by atoms with Crippen LogP contribution in [0, 0.1) is 6.20 Å². The molecule has 0 N–H and O–H groups in total. The average Bonchev–Trinajstić information content (AvgIpc) is 1.86. The largest absolute Gasteiger partial charge is 0.189 e. The van der Waals surface area contributed by atoms with Gasteiger partial charge in [-0.2, -0.15) is 4.37 Å². The van der Waals surface area contributed by atoms with Crippen molar-refractivity contribution in [3.63, 3.8) is 0 Å². The van der Waals surface area contributed by atoms with Crippen molar-refractivity contribution in [3.8, 4) is 0 Å². The average molecular weight is 119 g/mol. The van der Waals surface area contributed by atoms with Gasteiger partial charge in [0, 0.05) is 5.38 Å². The first-order chi connectivity index (χ1) is 2.89. The molecule has 0 fully saturated rings. The Labute approximate surface area is 44.7 Å². The molecule has 0 unspecified atom stereocenters. The molecule has 0 bridgehead atoms. The first-order valence-corrected chi connectivity index (χ1v) is 2.58. The minimum Gasteiger partial charge on any atom is -0.189 e. The summed E-state index contributed by atoms with van der Waals surface area (Å²) in [6.45, 7) is 0. The van der Waals surface area contributed by atoms with E-state index in [-0.39, 0.29) is 0 Å². The Hall–Kier alpha value is -0.0800. The van der Waals surface area contributed by atoms with Gasteiger partial charge in [-0.3, -0.25) is 0 Å². The van der Waals surface area contributed by atoms with Crippen molar-refractivity contribution in [2.75, 3.05) is 0 Å². The second-order valence-corrected chi connectivity index (χ2v) is 1.81. The topological polar surface area (TPSA) is 12.9 Å². The van der Waals surface area contributed by atoms with E-state index in [4.69, 9.17) is 11.6 Å². The van der Waals surface area contributed by atoms with E-state index in [1.165, 1.54) is 11.5 Å². The van der Waals surface area contributed by atoms with E-state index in [0.29, 0.717) is 5.02 Å². The van der Waals surface area contributed by atoms with Gasteiger partial charge in [-0.05, 0) is 11.5 Å². The highest BCUT2D eigenvalue weighted by Crippen LogP contribution is 2.05. The Balaban J connectivity index is 3.05. The molecule has 6 heavy (non-hydrogen) atoms. The first-order valence-electron chi connectivity index (χ1n) is 1.37. The van der Waals surface area contributed by atoms with Crippen molar-refractivity contribution < 1.29 is 0 Å². The monoisotopic (exact) mass is 118 g/mol. The molecule has 1 heterocycles. The second-order valence-electron chi connectivity index (χ2n) is 0.774. The first kappa shape index (κ1) is 4.09. The molecule has 0 aliphatic rings. The molecular weight excluding hydrogens is 118 g/mol. The SMILES string of the molecule is Clc1[c]nsc1. The molecule has 1 aromatic heterocycles. The number of hydrogen-bond donors (Lipinski definition) is 0. The van der Waals surface area contributed by atoms with Gasteiger partial charge in [0.25, 0.3) is 0 Å². The van der Waals surface area contributed by atoms with E-state index in [1.54, 1.807) is 5.38 Å². The fourth-order valence-electron chi connectivity index (χ4n) is 0.169. The summed E-state index contributed by atoms with van der Waals surface area (Å²) in [5.41, 5.74) is 0. The quantitative estimate of drug-likeness (QED) is 0.504. The van der Waals surface area contributed by atoms with Crippen LogP contribution in [0.25, 0.3) is 0 Å². The van der Waals surface area contributed by atoms with Crippen LogP contribution in [0.4, 0.5) is 0 Å². The van der Waals surface area contributed by atoms with Gasteiger partial charge in [-0.15, -0.1) is 0 Å². The van der Waals surface area contributed by atoms with Crippen molar-refractivity contribution in [1.29, 1.82) is 0 Å². The third-order valence-corrected chi connectivity index (χ3v) is 1.22. The molecule has 1 nitrogen and oxygen atoms in total. The Morgan fingerprint density at radius 3 is 3.00 bits per heavy atom. The lowest BCUT2D eigenvalue weighted by molar-refractivity contribution is 1.56. The number of rotatable bonds is 0. The number of halogens is 1. The van der Waals surface area contributed by atoms with Gasteiger partial charge < -0.3 is 0 Å². The maximum Gasteiger partial charge on any atom is 0.124 e. The molecule has 1 aromatic rings. The van der Waals surface area contributed by atoms with Crippen molar-refractivity contribution >= 4 is 23.1 Å². The van der Waals surface area contributed by atoms with E-state index >= 15 is 0 Å². The number of aromatic nitrogens is 1. The highest BCUT2D eigenvalue weighted by Gasteiger charge is 1.81. The zero-order valence-corrected chi connectivity index (χ0v) is 4.38. The molecule has 0 saturated carbocycles. The smallest absolute Gasteiger partial charge is 0.124 e. The summed E-state index contributed by atoms with van der Waals surface area (Å²) < 4.78 is 3.61. The summed E-state index contributed by atoms with van der Waals surface area (Å²) >= 11 is 6.65. The third kappa shape index (κ3) is 0.698. The van der Waals surface area contributed by atoms with Gasteiger partial charge in [-0.25, -0.2) is 0 Å². The highest BCUT2D eigenvalue weighted by atomic mass is 35.5. The molecule has 0 aliphatic carbocycles. The molecule has 0 aromatic carbocycles. The molecule has 3 heteroatoms.